The minimum absolute atomic E-state index is 0.244. The van der Waals surface area contributed by atoms with Gasteiger partial charge in [-0.15, -0.1) is 0 Å². The molecular formula is C27H24N8O2. The summed E-state index contributed by atoms with van der Waals surface area (Å²) in [5.41, 5.74) is 3.74. The molecular weight excluding hydrogens is 468 g/mol. The van der Waals surface area contributed by atoms with Gasteiger partial charge in [-0.25, -0.2) is 19.3 Å². The number of benzene rings is 1. The van der Waals surface area contributed by atoms with Gasteiger partial charge in [0.25, 0.3) is 11.8 Å². The zero-order valence-corrected chi connectivity index (χ0v) is 20.3. The summed E-state index contributed by atoms with van der Waals surface area (Å²) in [5, 5.41) is 14.4. The third-order valence-corrected chi connectivity index (χ3v) is 5.88. The molecule has 5 rings (SSSR count). The molecule has 0 aliphatic carbocycles. The Bertz CT molecular complexity index is 1560. The van der Waals surface area contributed by atoms with Gasteiger partial charge in [-0.2, -0.15) is 10.2 Å². The van der Waals surface area contributed by atoms with Crippen LogP contribution in [0.3, 0.4) is 0 Å². The van der Waals surface area contributed by atoms with Crippen molar-refractivity contribution < 1.29 is 9.59 Å². The van der Waals surface area contributed by atoms with Gasteiger partial charge in [-0.3, -0.25) is 9.59 Å². The number of anilines is 1. The number of amides is 2. The molecule has 0 saturated carbocycles. The minimum Gasteiger partial charge on any atom is -0.348 e. The van der Waals surface area contributed by atoms with Crippen molar-refractivity contribution in [3.63, 3.8) is 0 Å². The maximum Gasteiger partial charge on any atom is 0.259 e. The predicted octanol–water partition coefficient (Wildman–Crippen LogP) is 3.65. The van der Waals surface area contributed by atoms with Gasteiger partial charge in [0, 0.05) is 24.6 Å². The summed E-state index contributed by atoms with van der Waals surface area (Å²) in [6, 6.07) is 18.3. The Morgan fingerprint density at radius 1 is 0.757 bits per heavy atom. The molecule has 37 heavy (non-hydrogen) atoms. The zero-order valence-electron chi connectivity index (χ0n) is 20.3. The number of hydrogen-bond acceptors (Lipinski definition) is 6. The molecule has 184 valence electrons. The number of hydrogen-bond donors (Lipinski definition) is 2. The van der Waals surface area contributed by atoms with Gasteiger partial charge < -0.3 is 10.6 Å². The van der Waals surface area contributed by atoms with Gasteiger partial charge in [-0.1, -0.05) is 24.3 Å². The van der Waals surface area contributed by atoms with Crippen LogP contribution >= 0.6 is 0 Å². The first kappa shape index (κ1) is 23.6. The largest absolute Gasteiger partial charge is 0.348 e. The summed E-state index contributed by atoms with van der Waals surface area (Å²) < 4.78 is 3.25. The van der Waals surface area contributed by atoms with Crippen molar-refractivity contribution in [2.45, 2.75) is 20.4 Å². The second kappa shape index (κ2) is 10.2. The first-order chi connectivity index (χ1) is 18.0. The molecule has 0 aliphatic rings. The molecule has 4 heterocycles. The first-order valence-electron chi connectivity index (χ1n) is 11.6. The molecule has 0 spiro atoms. The van der Waals surface area contributed by atoms with Crippen molar-refractivity contribution >= 4 is 17.5 Å². The van der Waals surface area contributed by atoms with E-state index in [9.17, 15) is 9.59 Å². The SMILES string of the molecule is Cc1c(C(=O)NCc2cccc(NC(=O)c3cnn(-c4ccccn4)c3C)c2)cnn1-c1ccccn1. The van der Waals surface area contributed by atoms with Crippen LogP contribution in [0.5, 0.6) is 0 Å². The van der Waals surface area contributed by atoms with Gasteiger partial charge in [0.05, 0.1) is 34.9 Å². The van der Waals surface area contributed by atoms with E-state index in [0.29, 0.717) is 39.8 Å². The molecule has 4 aromatic heterocycles. The summed E-state index contributed by atoms with van der Waals surface area (Å²) in [7, 11) is 0. The molecule has 0 bridgehead atoms. The van der Waals surface area contributed by atoms with Gasteiger partial charge in [0.2, 0.25) is 0 Å². The Hall–Kier alpha value is -5.12. The standard InChI is InChI=1S/C27H24N8O2/c1-18-22(16-31-34(18)24-10-3-5-12-28-24)26(36)30-15-20-8-7-9-21(14-20)33-27(37)23-17-32-35(19(23)2)25-11-4-6-13-29-25/h3-14,16-17H,15H2,1-2H3,(H,30,36)(H,33,37). The fraction of sp³-hybridized carbons (Fsp3) is 0.111. The van der Waals surface area contributed by atoms with E-state index in [1.807, 2.05) is 68.4 Å². The molecule has 10 nitrogen and oxygen atoms in total. The minimum atomic E-state index is -0.279. The Kier molecular flexibility index (Phi) is 6.54. The van der Waals surface area contributed by atoms with Crippen LogP contribution in [-0.4, -0.2) is 41.3 Å². The van der Waals surface area contributed by atoms with E-state index in [0.717, 1.165) is 5.56 Å². The number of aromatic nitrogens is 6. The van der Waals surface area contributed by atoms with Crippen LogP contribution in [0.1, 0.15) is 37.7 Å². The highest BCUT2D eigenvalue weighted by molar-refractivity contribution is 6.05. The summed E-state index contributed by atoms with van der Waals surface area (Å²) in [6.45, 7) is 3.93. The number of nitrogens with zero attached hydrogens (tertiary/aromatic N) is 6. The number of carbonyl (C=O) groups excluding carboxylic acids is 2. The maximum atomic E-state index is 12.9. The first-order valence-corrected chi connectivity index (χ1v) is 11.6. The summed E-state index contributed by atoms with van der Waals surface area (Å²) in [6.07, 6.45) is 6.41. The normalized spacial score (nSPS) is 10.8. The Morgan fingerprint density at radius 2 is 1.35 bits per heavy atom. The van der Waals surface area contributed by atoms with Crippen molar-refractivity contribution in [1.29, 1.82) is 0 Å². The molecule has 2 amide bonds. The lowest BCUT2D eigenvalue weighted by Crippen LogP contribution is -2.23. The van der Waals surface area contributed by atoms with Crippen LogP contribution in [-0.2, 0) is 6.54 Å². The van der Waals surface area contributed by atoms with E-state index in [2.05, 4.69) is 30.8 Å². The van der Waals surface area contributed by atoms with Crippen LogP contribution in [0.15, 0.2) is 85.5 Å². The third-order valence-electron chi connectivity index (χ3n) is 5.88. The molecule has 0 atom stereocenters. The van der Waals surface area contributed by atoms with E-state index in [1.165, 1.54) is 12.4 Å². The average Bonchev–Trinajstić information content (AvgIpc) is 3.51. The molecule has 2 N–H and O–H groups in total. The third kappa shape index (κ3) is 4.98. The maximum absolute atomic E-state index is 12.9. The highest BCUT2D eigenvalue weighted by Crippen LogP contribution is 2.17. The smallest absolute Gasteiger partial charge is 0.259 e. The van der Waals surface area contributed by atoms with Crippen LogP contribution in [0.25, 0.3) is 11.6 Å². The lowest BCUT2D eigenvalue weighted by molar-refractivity contribution is 0.0949. The molecule has 0 unspecified atom stereocenters. The topological polar surface area (TPSA) is 120 Å². The number of rotatable bonds is 7. The van der Waals surface area contributed by atoms with Crippen molar-refractivity contribution in [3.05, 3.63) is 114 Å². The van der Waals surface area contributed by atoms with Gasteiger partial charge in [0.1, 0.15) is 0 Å². The van der Waals surface area contributed by atoms with E-state index >= 15 is 0 Å². The van der Waals surface area contributed by atoms with Crippen molar-refractivity contribution in [2.24, 2.45) is 0 Å². The number of nitrogens with one attached hydrogen (secondary N) is 2. The fourth-order valence-electron chi connectivity index (χ4n) is 3.92. The molecule has 0 aliphatic heterocycles. The lowest BCUT2D eigenvalue weighted by Gasteiger charge is -2.09. The monoisotopic (exact) mass is 492 g/mol. The van der Waals surface area contributed by atoms with Gasteiger partial charge in [0.15, 0.2) is 11.6 Å². The van der Waals surface area contributed by atoms with E-state index < -0.39 is 0 Å². The quantitative estimate of drug-likeness (QED) is 0.358. The van der Waals surface area contributed by atoms with E-state index in [1.54, 1.807) is 27.8 Å². The Labute approximate surface area is 213 Å². The summed E-state index contributed by atoms with van der Waals surface area (Å²) in [4.78, 5) is 34.3. The number of pyridine rings is 2. The average molecular weight is 493 g/mol. The van der Waals surface area contributed by atoms with Crippen LogP contribution in [0.2, 0.25) is 0 Å². The van der Waals surface area contributed by atoms with Crippen molar-refractivity contribution in [1.82, 2.24) is 34.8 Å². The summed E-state index contributed by atoms with van der Waals surface area (Å²) >= 11 is 0. The van der Waals surface area contributed by atoms with E-state index in [4.69, 9.17) is 0 Å². The van der Waals surface area contributed by atoms with E-state index in [-0.39, 0.29) is 18.4 Å². The van der Waals surface area contributed by atoms with Crippen molar-refractivity contribution in [2.75, 3.05) is 5.32 Å². The lowest BCUT2D eigenvalue weighted by atomic mass is 10.1. The molecule has 10 heteroatoms. The van der Waals surface area contributed by atoms with Crippen LogP contribution < -0.4 is 10.6 Å². The second-order valence-corrected chi connectivity index (χ2v) is 8.32. The Morgan fingerprint density at radius 3 is 1.92 bits per heavy atom. The molecule has 0 saturated heterocycles. The zero-order chi connectivity index (χ0) is 25.8. The highest BCUT2D eigenvalue weighted by Gasteiger charge is 2.17. The summed E-state index contributed by atoms with van der Waals surface area (Å²) in [5.74, 6) is 0.756. The second-order valence-electron chi connectivity index (χ2n) is 8.32. The molecule has 0 fully saturated rings. The fourth-order valence-corrected chi connectivity index (χ4v) is 3.92. The highest BCUT2D eigenvalue weighted by atomic mass is 16.2. The van der Waals surface area contributed by atoms with Gasteiger partial charge >= 0.3 is 0 Å². The molecule has 1 aromatic carbocycles. The molecule has 0 radical (unpaired) electrons. The van der Waals surface area contributed by atoms with Crippen molar-refractivity contribution in [3.8, 4) is 11.6 Å². The predicted molar refractivity (Wildman–Crippen MR) is 138 cm³/mol. The Balaban J connectivity index is 1.24. The van der Waals surface area contributed by atoms with Crippen LogP contribution in [0, 0.1) is 13.8 Å². The van der Waals surface area contributed by atoms with Crippen LogP contribution in [0.4, 0.5) is 5.69 Å². The molecule has 5 aromatic rings. The number of carbonyl (C=O) groups is 2. The van der Waals surface area contributed by atoms with Gasteiger partial charge in [-0.05, 0) is 55.8 Å².